The van der Waals surface area contributed by atoms with Crippen molar-refractivity contribution in [2.75, 3.05) is 12.9 Å². The molecule has 1 aliphatic rings. The SMILES string of the molecule is CCC(=O)SCC1CC(c2ccc(OC)cc2)=NO1. The number of hydrogen-bond donors (Lipinski definition) is 0. The minimum Gasteiger partial charge on any atom is -0.497 e. The third-order valence-corrected chi connectivity index (χ3v) is 4.02. The van der Waals surface area contributed by atoms with Crippen LogP contribution < -0.4 is 4.74 Å². The third kappa shape index (κ3) is 3.73. The first-order valence-corrected chi connectivity index (χ1v) is 7.24. The van der Waals surface area contributed by atoms with Crippen molar-refractivity contribution >= 4 is 22.6 Å². The Morgan fingerprint density at radius 2 is 2.21 bits per heavy atom. The molecule has 0 spiro atoms. The summed E-state index contributed by atoms with van der Waals surface area (Å²) >= 11 is 1.32. The second-order valence-electron chi connectivity index (χ2n) is 4.23. The van der Waals surface area contributed by atoms with Gasteiger partial charge >= 0.3 is 0 Å². The topological polar surface area (TPSA) is 47.9 Å². The van der Waals surface area contributed by atoms with E-state index >= 15 is 0 Å². The second-order valence-corrected chi connectivity index (χ2v) is 5.31. The van der Waals surface area contributed by atoms with Gasteiger partial charge in [0.15, 0.2) is 5.12 Å². The zero-order valence-corrected chi connectivity index (χ0v) is 11.9. The Morgan fingerprint density at radius 1 is 1.47 bits per heavy atom. The Balaban J connectivity index is 1.88. The predicted molar refractivity (Wildman–Crippen MR) is 76.8 cm³/mol. The van der Waals surface area contributed by atoms with Crippen molar-refractivity contribution in [3.8, 4) is 5.75 Å². The van der Waals surface area contributed by atoms with Crippen LogP contribution in [0.1, 0.15) is 25.3 Å². The lowest BCUT2D eigenvalue weighted by atomic mass is 10.1. The fraction of sp³-hybridized carbons (Fsp3) is 0.429. The van der Waals surface area contributed by atoms with E-state index in [-0.39, 0.29) is 11.2 Å². The van der Waals surface area contributed by atoms with E-state index < -0.39 is 0 Å². The number of rotatable bonds is 5. The van der Waals surface area contributed by atoms with Crippen LogP contribution in [0.3, 0.4) is 0 Å². The van der Waals surface area contributed by atoms with Crippen LogP contribution in [0.4, 0.5) is 0 Å². The summed E-state index contributed by atoms with van der Waals surface area (Å²) in [7, 11) is 1.64. The van der Waals surface area contributed by atoms with Crippen LogP contribution in [-0.4, -0.2) is 29.8 Å². The summed E-state index contributed by atoms with van der Waals surface area (Å²) in [6.07, 6.45) is 1.30. The van der Waals surface area contributed by atoms with Crippen LogP contribution in [0.5, 0.6) is 5.75 Å². The van der Waals surface area contributed by atoms with Crippen LogP contribution in [-0.2, 0) is 9.63 Å². The van der Waals surface area contributed by atoms with Crippen molar-refractivity contribution in [3.05, 3.63) is 29.8 Å². The summed E-state index contributed by atoms with van der Waals surface area (Å²) in [6, 6.07) is 7.74. The average Bonchev–Trinajstić information content (AvgIpc) is 2.93. The second kappa shape index (κ2) is 6.61. The van der Waals surface area contributed by atoms with Gasteiger partial charge in [-0.3, -0.25) is 4.79 Å². The molecule has 0 aliphatic carbocycles. The van der Waals surface area contributed by atoms with Gasteiger partial charge in [0.2, 0.25) is 0 Å². The Labute approximate surface area is 117 Å². The number of benzene rings is 1. The molecular weight excluding hydrogens is 262 g/mol. The standard InChI is InChI=1S/C14H17NO3S/c1-3-14(16)19-9-12-8-13(15-18-12)10-4-6-11(17-2)7-5-10/h4-7,12H,3,8-9H2,1-2H3. The van der Waals surface area contributed by atoms with E-state index in [1.807, 2.05) is 31.2 Å². The molecule has 5 heteroatoms. The molecule has 1 aromatic carbocycles. The molecule has 0 bridgehead atoms. The molecular formula is C14H17NO3S. The molecule has 0 saturated heterocycles. The van der Waals surface area contributed by atoms with Gasteiger partial charge in [-0.1, -0.05) is 23.8 Å². The minimum absolute atomic E-state index is 0.00222. The van der Waals surface area contributed by atoms with E-state index in [4.69, 9.17) is 9.57 Å². The van der Waals surface area contributed by atoms with E-state index in [2.05, 4.69) is 5.16 Å². The number of thioether (sulfide) groups is 1. The summed E-state index contributed by atoms with van der Waals surface area (Å²) in [5.74, 6) is 1.49. The summed E-state index contributed by atoms with van der Waals surface area (Å²) in [5, 5.41) is 4.29. The van der Waals surface area contributed by atoms with E-state index in [1.54, 1.807) is 7.11 Å². The number of methoxy groups -OCH3 is 1. The van der Waals surface area contributed by atoms with Crippen molar-refractivity contribution in [2.45, 2.75) is 25.9 Å². The highest BCUT2D eigenvalue weighted by Gasteiger charge is 2.22. The molecule has 1 unspecified atom stereocenters. The Morgan fingerprint density at radius 3 is 2.84 bits per heavy atom. The van der Waals surface area contributed by atoms with Gasteiger partial charge in [-0.15, -0.1) is 0 Å². The Bertz CT molecular complexity index is 470. The lowest BCUT2D eigenvalue weighted by molar-refractivity contribution is -0.110. The highest BCUT2D eigenvalue weighted by Crippen LogP contribution is 2.22. The van der Waals surface area contributed by atoms with Crippen molar-refractivity contribution in [2.24, 2.45) is 5.16 Å². The largest absolute Gasteiger partial charge is 0.497 e. The van der Waals surface area contributed by atoms with Crippen molar-refractivity contribution in [1.29, 1.82) is 0 Å². The first-order valence-electron chi connectivity index (χ1n) is 6.25. The highest BCUT2D eigenvalue weighted by atomic mass is 32.2. The van der Waals surface area contributed by atoms with Crippen molar-refractivity contribution < 1.29 is 14.4 Å². The van der Waals surface area contributed by atoms with Crippen molar-refractivity contribution in [3.63, 3.8) is 0 Å². The van der Waals surface area contributed by atoms with Gasteiger partial charge in [-0.05, 0) is 29.8 Å². The van der Waals surface area contributed by atoms with E-state index in [9.17, 15) is 4.79 Å². The normalized spacial score (nSPS) is 17.8. The van der Waals surface area contributed by atoms with Gasteiger partial charge in [-0.2, -0.15) is 0 Å². The lowest BCUT2D eigenvalue weighted by Crippen LogP contribution is -2.12. The van der Waals surface area contributed by atoms with Crippen LogP contribution >= 0.6 is 11.8 Å². The Hall–Kier alpha value is -1.49. The van der Waals surface area contributed by atoms with Gasteiger partial charge in [0.1, 0.15) is 11.9 Å². The number of nitrogens with zero attached hydrogens (tertiary/aromatic N) is 1. The predicted octanol–water partition coefficient (Wildman–Crippen LogP) is 2.86. The number of carbonyl (C=O) groups excluding carboxylic acids is 1. The number of ether oxygens (including phenoxy) is 1. The number of oxime groups is 1. The molecule has 1 aliphatic heterocycles. The summed E-state index contributed by atoms with van der Waals surface area (Å²) in [5.41, 5.74) is 1.97. The fourth-order valence-electron chi connectivity index (χ4n) is 1.76. The fourth-order valence-corrected chi connectivity index (χ4v) is 2.51. The zero-order valence-electron chi connectivity index (χ0n) is 11.1. The molecule has 0 fully saturated rings. The summed E-state index contributed by atoms with van der Waals surface area (Å²) in [6.45, 7) is 1.87. The maximum absolute atomic E-state index is 11.2. The van der Waals surface area contributed by atoms with Crippen LogP contribution in [0.15, 0.2) is 29.4 Å². The first kappa shape index (κ1) is 13.9. The molecule has 0 aromatic heterocycles. The van der Waals surface area contributed by atoms with Gasteiger partial charge < -0.3 is 9.57 Å². The maximum atomic E-state index is 11.2. The first-order chi connectivity index (χ1) is 9.22. The van der Waals surface area contributed by atoms with Crippen LogP contribution in [0, 0.1) is 0 Å². The average molecular weight is 279 g/mol. The molecule has 2 rings (SSSR count). The molecule has 1 aromatic rings. The molecule has 0 amide bonds. The molecule has 1 atom stereocenters. The Kier molecular flexibility index (Phi) is 4.85. The summed E-state index contributed by atoms with van der Waals surface area (Å²) in [4.78, 5) is 16.6. The van der Waals surface area contributed by atoms with Crippen molar-refractivity contribution in [1.82, 2.24) is 0 Å². The highest BCUT2D eigenvalue weighted by molar-refractivity contribution is 8.13. The molecule has 0 N–H and O–H groups in total. The smallest absolute Gasteiger partial charge is 0.188 e. The molecule has 102 valence electrons. The number of carbonyl (C=O) groups is 1. The molecule has 0 radical (unpaired) electrons. The van der Waals surface area contributed by atoms with Gasteiger partial charge in [0.25, 0.3) is 0 Å². The van der Waals surface area contributed by atoms with Gasteiger partial charge in [-0.25, -0.2) is 0 Å². The van der Waals surface area contributed by atoms with Gasteiger partial charge in [0.05, 0.1) is 12.8 Å². The molecule has 0 saturated carbocycles. The van der Waals surface area contributed by atoms with E-state index in [1.165, 1.54) is 11.8 Å². The lowest BCUT2D eigenvalue weighted by Gasteiger charge is -2.06. The molecule has 19 heavy (non-hydrogen) atoms. The van der Waals surface area contributed by atoms with Crippen LogP contribution in [0.25, 0.3) is 0 Å². The van der Waals surface area contributed by atoms with Gasteiger partial charge in [0, 0.05) is 18.6 Å². The van der Waals surface area contributed by atoms with Crippen LogP contribution in [0.2, 0.25) is 0 Å². The van der Waals surface area contributed by atoms with E-state index in [0.29, 0.717) is 12.2 Å². The quantitative estimate of drug-likeness (QED) is 0.831. The monoisotopic (exact) mass is 279 g/mol. The number of hydrogen-bond acceptors (Lipinski definition) is 5. The maximum Gasteiger partial charge on any atom is 0.188 e. The molecule has 1 heterocycles. The molecule has 4 nitrogen and oxygen atoms in total. The minimum atomic E-state index is -0.00222. The van der Waals surface area contributed by atoms with E-state index in [0.717, 1.165) is 23.4 Å². The third-order valence-electron chi connectivity index (χ3n) is 2.88. The summed E-state index contributed by atoms with van der Waals surface area (Å²) < 4.78 is 5.12. The zero-order chi connectivity index (χ0) is 13.7.